The molecule has 1 atom stereocenters. The second-order valence-corrected chi connectivity index (χ2v) is 6.28. The highest BCUT2D eigenvalue weighted by Gasteiger charge is 2.24. The molecule has 2 heterocycles. The second-order valence-electron chi connectivity index (χ2n) is 5.84. The van der Waals surface area contributed by atoms with Crippen LogP contribution in [0.4, 0.5) is 5.82 Å². The van der Waals surface area contributed by atoms with Gasteiger partial charge in [-0.05, 0) is 44.4 Å². The Morgan fingerprint density at radius 2 is 2.09 bits per heavy atom. The zero-order valence-corrected chi connectivity index (χ0v) is 13.3. The van der Waals surface area contributed by atoms with Crippen LogP contribution in [0.1, 0.15) is 43.5 Å². The van der Waals surface area contributed by atoms with Crippen LogP contribution in [0.5, 0.6) is 0 Å². The van der Waals surface area contributed by atoms with Gasteiger partial charge in [-0.25, -0.2) is 4.79 Å². The Morgan fingerprint density at radius 3 is 2.77 bits per heavy atom. The monoisotopic (exact) mass is 319 g/mol. The molecule has 6 heteroatoms. The first-order valence-corrected chi connectivity index (χ1v) is 7.75. The van der Waals surface area contributed by atoms with Crippen molar-refractivity contribution in [1.29, 1.82) is 0 Å². The van der Waals surface area contributed by atoms with Crippen molar-refractivity contribution in [2.24, 2.45) is 0 Å². The fourth-order valence-corrected chi connectivity index (χ4v) is 3.12. The second kappa shape index (κ2) is 5.65. The van der Waals surface area contributed by atoms with Crippen LogP contribution in [0, 0.1) is 0 Å². The molecule has 0 saturated heterocycles. The summed E-state index contributed by atoms with van der Waals surface area (Å²) in [5, 5.41) is 3.94. The molecule has 0 fully saturated rings. The van der Waals surface area contributed by atoms with Crippen molar-refractivity contribution < 1.29 is 0 Å². The van der Waals surface area contributed by atoms with Crippen LogP contribution in [-0.4, -0.2) is 9.55 Å². The number of aromatic nitrogens is 2. The van der Waals surface area contributed by atoms with E-state index in [9.17, 15) is 9.59 Å². The Morgan fingerprint density at radius 1 is 1.32 bits per heavy atom. The van der Waals surface area contributed by atoms with E-state index >= 15 is 0 Å². The van der Waals surface area contributed by atoms with Crippen LogP contribution in [0.3, 0.4) is 0 Å². The van der Waals surface area contributed by atoms with E-state index < -0.39 is 0 Å². The lowest BCUT2D eigenvalue weighted by atomic mass is 9.96. The van der Waals surface area contributed by atoms with E-state index in [0.29, 0.717) is 22.8 Å². The van der Waals surface area contributed by atoms with E-state index in [4.69, 9.17) is 11.6 Å². The minimum atomic E-state index is -0.377. The quantitative estimate of drug-likeness (QED) is 0.894. The van der Waals surface area contributed by atoms with Gasteiger partial charge < -0.3 is 5.32 Å². The first kappa shape index (κ1) is 14.9. The smallest absolute Gasteiger partial charge is 0.330 e. The van der Waals surface area contributed by atoms with Crippen LogP contribution in [-0.2, 0) is 6.42 Å². The standard InChI is InChI=1S/C16H18ClN3O2/c1-9(2)20-15(21)12-6-7-13(18-14(12)19-16(20)22)10-4-3-5-11(17)8-10/h3-5,8-9,13,18H,6-7H2,1-2H3,(H,19,22)/t13-/m1/s1. The maximum Gasteiger partial charge on any atom is 0.330 e. The van der Waals surface area contributed by atoms with Crippen LogP contribution in [0.25, 0.3) is 0 Å². The fraction of sp³-hybridized carbons (Fsp3) is 0.375. The summed E-state index contributed by atoms with van der Waals surface area (Å²) in [6.45, 7) is 3.65. The molecule has 1 aliphatic rings. The Labute approximate surface area is 132 Å². The van der Waals surface area contributed by atoms with Crippen LogP contribution < -0.4 is 16.6 Å². The van der Waals surface area contributed by atoms with Crippen molar-refractivity contribution in [3.63, 3.8) is 0 Å². The summed E-state index contributed by atoms with van der Waals surface area (Å²) in [5.74, 6) is 0.531. The van der Waals surface area contributed by atoms with Crippen LogP contribution in [0.2, 0.25) is 5.02 Å². The van der Waals surface area contributed by atoms with Crippen LogP contribution in [0.15, 0.2) is 33.9 Å². The zero-order valence-electron chi connectivity index (χ0n) is 12.5. The molecule has 0 bridgehead atoms. The third-order valence-electron chi connectivity index (χ3n) is 4.00. The highest BCUT2D eigenvalue weighted by Crippen LogP contribution is 2.30. The summed E-state index contributed by atoms with van der Waals surface area (Å²) in [5.41, 5.74) is 1.11. The predicted octanol–water partition coefficient (Wildman–Crippen LogP) is 2.87. The molecule has 5 nitrogen and oxygen atoms in total. The van der Waals surface area contributed by atoms with Gasteiger partial charge in [0.15, 0.2) is 0 Å². The first-order valence-electron chi connectivity index (χ1n) is 7.37. The molecular weight excluding hydrogens is 302 g/mol. The van der Waals surface area contributed by atoms with E-state index in [-0.39, 0.29) is 23.3 Å². The third-order valence-corrected chi connectivity index (χ3v) is 4.23. The number of fused-ring (bicyclic) bond motifs is 1. The Kier molecular flexibility index (Phi) is 3.83. The molecule has 22 heavy (non-hydrogen) atoms. The summed E-state index contributed by atoms with van der Waals surface area (Å²) in [7, 11) is 0. The number of nitrogens with zero attached hydrogens (tertiary/aromatic N) is 1. The number of rotatable bonds is 2. The van der Waals surface area contributed by atoms with Crippen molar-refractivity contribution in [2.75, 3.05) is 5.32 Å². The number of nitrogens with one attached hydrogen (secondary N) is 2. The van der Waals surface area contributed by atoms with E-state index in [1.165, 1.54) is 4.57 Å². The highest BCUT2D eigenvalue weighted by atomic mass is 35.5. The first-order chi connectivity index (χ1) is 10.5. The van der Waals surface area contributed by atoms with Crippen molar-refractivity contribution >= 4 is 17.4 Å². The van der Waals surface area contributed by atoms with Gasteiger partial charge in [0, 0.05) is 11.1 Å². The molecule has 116 valence electrons. The minimum absolute atomic E-state index is 0.0381. The molecule has 2 aromatic rings. The molecule has 0 radical (unpaired) electrons. The van der Waals surface area contributed by atoms with Crippen molar-refractivity contribution in [2.45, 2.75) is 38.8 Å². The van der Waals surface area contributed by atoms with Crippen LogP contribution >= 0.6 is 11.6 Å². The summed E-state index contributed by atoms with van der Waals surface area (Å²) in [4.78, 5) is 27.3. The summed E-state index contributed by atoms with van der Waals surface area (Å²) < 4.78 is 1.26. The summed E-state index contributed by atoms with van der Waals surface area (Å²) in [6, 6.07) is 7.49. The molecule has 0 unspecified atom stereocenters. The molecule has 0 aliphatic carbocycles. The number of aromatic amines is 1. The normalized spacial score (nSPS) is 17.2. The van der Waals surface area contributed by atoms with Gasteiger partial charge >= 0.3 is 5.69 Å². The lowest BCUT2D eigenvalue weighted by molar-refractivity contribution is 0.530. The Hall–Kier alpha value is -2.01. The fourth-order valence-electron chi connectivity index (χ4n) is 2.92. The van der Waals surface area contributed by atoms with E-state index in [2.05, 4.69) is 10.3 Å². The maximum absolute atomic E-state index is 12.5. The largest absolute Gasteiger partial charge is 0.364 e. The molecular formula is C16H18ClN3O2. The van der Waals surface area contributed by atoms with Gasteiger partial charge in [-0.15, -0.1) is 0 Å². The molecule has 1 aromatic heterocycles. The number of anilines is 1. The van der Waals surface area contributed by atoms with Gasteiger partial charge in [0.1, 0.15) is 5.82 Å². The van der Waals surface area contributed by atoms with Gasteiger partial charge in [-0.3, -0.25) is 14.3 Å². The molecule has 1 aromatic carbocycles. The zero-order chi connectivity index (χ0) is 15.9. The SMILES string of the molecule is CC(C)n1c(=O)[nH]c2c(c1=O)CC[C@H](c1cccc(Cl)c1)N2. The maximum atomic E-state index is 12.5. The summed E-state index contributed by atoms with van der Waals surface area (Å²) in [6.07, 6.45) is 1.41. The topological polar surface area (TPSA) is 66.9 Å². The summed E-state index contributed by atoms with van der Waals surface area (Å²) >= 11 is 6.03. The predicted molar refractivity (Wildman–Crippen MR) is 87.8 cm³/mol. The van der Waals surface area contributed by atoms with Crippen molar-refractivity contribution in [3.05, 3.63) is 61.3 Å². The number of H-pyrrole nitrogens is 1. The van der Waals surface area contributed by atoms with Gasteiger partial charge in [0.25, 0.3) is 5.56 Å². The number of hydrogen-bond acceptors (Lipinski definition) is 3. The number of halogens is 1. The van der Waals surface area contributed by atoms with E-state index in [1.807, 2.05) is 38.1 Å². The average molecular weight is 320 g/mol. The van der Waals surface area contributed by atoms with E-state index in [1.54, 1.807) is 0 Å². The number of benzene rings is 1. The molecule has 0 amide bonds. The molecule has 3 rings (SSSR count). The molecule has 0 spiro atoms. The Bertz CT molecular complexity index is 823. The molecule has 2 N–H and O–H groups in total. The van der Waals surface area contributed by atoms with Gasteiger partial charge in [0.05, 0.1) is 11.6 Å². The lowest BCUT2D eigenvalue weighted by Crippen LogP contribution is -2.41. The highest BCUT2D eigenvalue weighted by molar-refractivity contribution is 6.30. The average Bonchev–Trinajstić information content (AvgIpc) is 2.46. The van der Waals surface area contributed by atoms with Gasteiger partial charge in [0.2, 0.25) is 0 Å². The molecule has 0 saturated carbocycles. The number of hydrogen-bond donors (Lipinski definition) is 2. The van der Waals surface area contributed by atoms with Crippen molar-refractivity contribution in [1.82, 2.24) is 9.55 Å². The van der Waals surface area contributed by atoms with Gasteiger partial charge in [-0.1, -0.05) is 23.7 Å². The van der Waals surface area contributed by atoms with Crippen molar-refractivity contribution in [3.8, 4) is 0 Å². The minimum Gasteiger partial charge on any atom is -0.364 e. The van der Waals surface area contributed by atoms with Gasteiger partial charge in [-0.2, -0.15) is 0 Å². The van der Waals surface area contributed by atoms with E-state index in [0.717, 1.165) is 12.0 Å². The lowest BCUT2D eigenvalue weighted by Gasteiger charge is -2.27. The Balaban J connectivity index is 2.01. The third kappa shape index (κ3) is 2.57. The molecule has 1 aliphatic heterocycles.